The Morgan fingerprint density at radius 1 is 1.33 bits per heavy atom. The van der Waals surface area contributed by atoms with Crippen molar-refractivity contribution in [2.24, 2.45) is 0 Å². The zero-order valence-electron chi connectivity index (χ0n) is 7.58. The quantitative estimate of drug-likeness (QED) is 0.922. The minimum absolute atomic E-state index is 0.179. The molecule has 15 heavy (non-hydrogen) atoms. The van der Waals surface area contributed by atoms with Gasteiger partial charge in [0.15, 0.2) is 5.76 Å². The molecule has 0 spiro atoms. The zero-order chi connectivity index (χ0) is 10.8. The molecule has 0 aliphatic rings. The fourth-order valence-corrected chi connectivity index (χ4v) is 1.82. The Morgan fingerprint density at radius 2 is 2.00 bits per heavy atom. The number of aliphatic hydroxyl groups is 1. The highest BCUT2D eigenvalue weighted by atomic mass is 79.9. The van der Waals surface area contributed by atoms with Crippen molar-refractivity contribution >= 4 is 27.5 Å². The molecule has 0 aliphatic heterocycles. The van der Waals surface area contributed by atoms with Crippen LogP contribution in [0.5, 0.6) is 0 Å². The Morgan fingerprint density at radius 3 is 2.53 bits per heavy atom. The standard InChI is InChI=1S/C10H7BrClNO2/c11-9-8(5-14)15-13-10(9)6-1-3-7(12)4-2-6/h1-4,14H,5H2. The van der Waals surface area contributed by atoms with E-state index in [1.807, 2.05) is 12.1 Å². The number of hydrogen-bond donors (Lipinski definition) is 1. The predicted molar refractivity (Wildman–Crippen MR) is 60.6 cm³/mol. The molecule has 1 aromatic heterocycles. The lowest BCUT2D eigenvalue weighted by Crippen LogP contribution is -1.80. The van der Waals surface area contributed by atoms with Crippen LogP contribution in [0.2, 0.25) is 5.02 Å². The van der Waals surface area contributed by atoms with E-state index in [1.165, 1.54) is 0 Å². The second-order valence-electron chi connectivity index (χ2n) is 2.93. The molecule has 0 fully saturated rings. The number of benzene rings is 1. The maximum absolute atomic E-state index is 8.94. The van der Waals surface area contributed by atoms with Crippen LogP contribution in [0.1, 0.15) is 5.76 Å². The largest absolute Gasteiger partial charge is 0.388 e. The third kappa shape index (κ3) is 2.07. The summed E-state index contributed by atoms with van der Waals surface area (Å²) in [7, 11) is 0. The van der Waals surface area contributed by atoms with Crippen molar-refractivity contribution in [3.63, 3.8) is 0 Å². The van der Waals surface area contributed by atoms with Gasteiger partial charge in [-0.2, -0.15) is 0 Å². The fourth-order valence-electron chi connectivity index (χ4n) is 1.20. The normalized spacial score (nSPS) is 10.6. The van der Waals surface area contributed by atoms with E-state index < -0.39 is 0 Å². The van der Waals surface area contributed by atoms with Gasteiger partial charge in [0.1, 0.15) is 12.3 Å². The summed E-state index contributed by atoms with van der Waals surface area (Å²) in [5.74, 6) is 0.417. The van der Waals surface area contributed by atoms with E-state index in [0.717, 1.165) is 5.56 Å². The molecule has 0 saturated heterocycles. The van der Waals surface area contributed by atoms with Gasteiger partial charge >= 0.3 is 0 Å². The van der Waals surface area contributed by atoms with Crippen LogP contribution in [0.25, 0.3) is 11.3 Å². The van der Waals surface area contributed by atoms with Crippen LogP contribution in [0.15, 0.2) is 33.3 Å². The van der Waals surface area contributed by atoms with E-state index in [-0.39, 0.29) is 6.61 Å². The van der Waals surface area contributed by atoms with E-state index in [0.29, 0.717) is 20.9 Å². The van der Waals surface area contributed by atoms with Gasteiger partial charge in [-0.05, 0) is 28.1 Å². The first-order chi connectivity index (χ1) is 7.22. The van der Waals surface area contributed by atoms with Gasteiger partial charge in [-0.15, -0.1) is 0 Å². The van der Waals surface area contributed by atoms with Crippen LogP contribution >= 0.6 is 27.5 Å². The molecule has 0 saturated carbocycles. The lowest BCUT2D eigenvalue weighted by Gasteiger charge is -1.96. The molecule has 1 N–H and O–H groups in total. The molecule has 0 bridgehead atoms. The lowest BCUT2D eigenvalue weighted by atomic mass is 10.1. The van der Waals surface area contributed by atoms with Gasteiger partial charge in [0.25, 0.3) is 0 Å². The van der Waals surface area contributed by atoms with Gasteiger partial charge in [-0.1, -0.05) is 28.9 Å². The van der Waals surface area contributed by atoms with Gasteiger partial charge in [-0.25, -0.2) is 0 Å². The molecule has 1 aromatic carbocycles. The van der Waals surface area contributed by atoms with Crippen LogP contribution < -0.4 is 0 Å². The minimum Gasteiger partial charge on any atom is -0.388 e. The second-order valence-corrected chi connectivity index (χ2v) is 4.16. The number of nitrogens with zero attached hydrogens (tertiary/aromatic N) is 1. The molecule has 2 rings (SSSR count). The Kier molecular flexibility index (Phi) is 3.09. The van der Waals surface area contributed by atoms with Crippen molar-refractivity contribution in [3.8, 4) is 11.3 Å². The van der Waals surface area contributed by atoms with Gasteiger partial charge in [-0.3, -0.25) is 0 Å². The Labute approximate surface area is 99.8 Å². The topological polar surface area (TPSA) is 46.3 Å². The van der Waals surface area contributed by atoms with Crippen LogP contribution in [-0.4, -0.2) is 10.3 Å². The SMILES string of the molecule is OCc1onc(-c2ccc(Cl)cc2)c1Br. The number of aromatic nitrogens is 1. The summed E-state index contributed by atoms with van der Waals surface area (Å²) in [5, 5.41) is 13.5. The van der Waals surface area contributed by atoms with E-state index in [2.05, 4.69) is 21.1 Å². The van der Waals surface area contributed by atoms with E-state index in [9.17, 15) is 0 Å². The van der Waals surface area contributed by atoms with E-state index in [4.69, 9.17) is 21.2 Å². The van der Waals surface area contributed by atoms with Crippen molar-refractivity contribution in [1.82, 2.24) is 5.16 Å². The average Bonchev–Trinajstić information content (AvgIpc) is 2.61. The lowest BCUT2D eigenvalue weighted by molar-refractivity contribution is 0.228. The number of halogens is 2. The molecule has 78 valence electrons. The summed E-state index contributed by atoms with van der Waals surface area (Å²) in [6.45, 7) is -0.179. The molecule has 0 aliphatic carbocycles. The highest BCUT2D eigenvalue weighted by Crippen LogP contribution is 2.30. The minimum atomic E-state index is -0.179. The molecule has 5 heteroatoms. The zero-order valence-corrected chi connectivity index (χ0v) is 9.92. The molecular weight excluding hydrogens is 281 g/mol. The van der Waals surface area contributed by atoms with Crippen molar-refractivity contribution in [2.45, 2.75) is 6.61 Å². The molecule has 0 amide bonds. The van der Waals surface area contributed by atoms with Crippen molar-refractivity contribution in [2.75, 3.05) is 0 Å². The van der Waals surface area contributed by atoms with Crippen molar-refractivity contribution < 1.29 is 9.63 Å². The van der Waals surface area contributed by atoms with Crippen molar-refractivity contribution in [1.29, 1.82) is 0 Å². The fraction of sp³-hybridized carbons (Fsp3) is 0.100. The summed E-state index contributed by atoms with van der Waals surface area (Å²) in [6, 6.07) is 7.23. The number of aliphatic hydroxyl groups excluding tert-OH is 1. The first-order valence-electron chi connectivity index (χ1n) is 4.23. The summed E-state index contributed by atoms with van der Waals surface area (Å²) in [5.41, 5.74) is 1.55. The third-order valence-corrected chi connectivity index (χ3v) is 3.03. The van der Waals surface area contributed by atoms with Crippen LogP contribution in [0, 0.1) is 0 Å². The van der Waals surface area contributed by atoms with Crippen LogP contribution in [0.3, 0.4) is 0 Å². The highest BCUT2D eigenvalue weighted by molar-refractivity contribution is 9.10. The molecule has 2 aromatic rings. The molecule has 0 atom stereocenters. The first-order valence-corrected chi connectivity index (χ1v) is 5.40. The molecule has 0 radical (unpaired) electrons. The summed E-state index contributed by atoms with van der Waals surface area (Å²) in [6.07, 6.45) is 0. The number of rotatable bonds is 2. The second kappa shape index (κ2) is 4.35. The van der Waals surface area contributed by atoms with Gasteiger partial charge in [0.2, 0.25) is 0 Å². The molecule has 0 unspecified atom stereocenters. The maximum atomic E-state index is 8.94. The monoisotopic (exact) mass is 287 g/mol. The summed E-state index contributed by atoms with van der Waals surface area (Å²) in [4.78, 5) is 0. The van der Waals surface area contributed by atoms with Crippen LogP contribution in [0.4, 0.5) is 0 Å². The molecule has 1 heterocycles. The van der Waals surface area contributed by atoms with Crippen LogP contribution in [-0.2, 0) is 6.61 Å². The maximum Gasteiger partial charge on any atom is 0.176 e. The average molecular weight is 289 g/mol. The number of hydrogen-bond acceptors (Lipinski definition) is 3. The van der Waals surface area contributed by atoms with Gasteiger partial charge < -0.3 is 9.63 Å². The third-order valence-electron chi connectivity index (χ3n) is 1.96. The predicted octanol–water partition coefficient (Wildman–Crippen LogP) is 3.25. The smallest absolute Gasteiger partial charge is 0.176 e. The Bertz CT molecular complexity index is 467. The van der Waals surface area contributed by atoms with E-state index in [1.54, 1.807) is 12.1 Å². The van der Waals surface area contributed by atoms with Gasteiger partial charge in [0, 0.05) is 10.6 Å². The Hall–Kier alpha value is -0.840. The van der Waals surface area contributed by atoms with Gasteiger partial charge in [0.05, 0.1) is 4.47 Å². The molecular formula is C10H7BrClNO2. The van der Waals surface area contributed by atoms with Crippen molar-refractivity contribution in [3.05, 3.63) is 39.5 Å². The highest BCUT2D eigenvalue weighted by Gasteiger charge is 2.13. The first kappa shape index (κ1) is 10.7. The Balaban J connectivity index is 2.45. The molecule has 3 nitrogen and oxygen atoms in total. The summed E-state index contributed by atoms with van der Waals surface area (Å²) >= 11 is 9.09. The summed E-state index contributed by atoms with van der Waals surface area (Å²) < 4.78 is 5.62. The van der Waals surface area contributed by atoms with E-state index >= 15 is 0 Å².